The summed E-state index contributed by atoms with van der Waals surface area (Å²) in [6.07, 6.45) is 9.06. The molecule has 2 aliphatic carbocycles. The molecule has 0 aliphatic heterocycles. The zero-order valence-electron chi connectivity index (χ0n) is 10.6. The second-order valence-corrected chi connectivity index (χ2v) is 7.08. The van der Waals surface area contributed by atoms with E-state index in [1.165, 1.54) is 19.3 Å². The maximum absolute atomic E-state index is 11.1. The summed E-state index contributed by atoms with van der Waals surface area (Å²) in [5, 5.41) is 11.4. The van der Waals surface area contributed by atoms with Crippen molar-refractivity contribution in [2.45, 2.75) is 76.2 Å². The predicted molar refractivity (Wildman–Crippen MR) is 68.8 cm³/mol. The molecule has 2 saturated carbocycles. The summed E-state index contributed by atoms with van der Waals surface area (Å²) < 4.78 is 0. The Bertz CT molecular complexity index is 243. The number of aliphatic hydroxyl groups is 1. The molecule has 0 saturated heterocycles. The second-order valence-electron chi connectivity index (χ2n) is 6.46. The Morgan fingerprint density at radius 3 is 2.12 bits per heavy atom. The summed E-state index contributed by atoms with van der Waals surface area (Å²) in [5.74, 6) is 0.484. The molecule has 2 rings (SSSR count). The predicted octanol–water partition coefficient (Wildman–Crippen LogP) is 4.12. The molecule has 2 fully saturated rings. The van der Waals surface area contributed by atoms with Gasteiger partial charge in [-0.3, -0.25) is 0 Å². The summed E-state index contributed by atoms with van der Waals surface area (Å²) in [6, 6.07) is 0. The van der Waals surface area contributed by atoms with Crippen molar-refractivity contribution in [2.75, 3.05) is 0 Å². The third kappa shape index (κ3) is 2.13. The van der Waals surface area contributed by atoms with E-state index in [1.54, 1.807) is 0 Å². The van der Waals surface area contributed by atoms with Gasteiger partial charge in [-0.25, -0.2) is 0 Å². The topological polar surface area (TPSA) is 20.2 Å². The maximum atomic E-state index is 11.1. The van der Waals surface area contributed by atoms with Gasteiger partial charge in [-0.1, -0.05) is 26.7 Å². The van der Waals surface area contributed by atoms with E-state index in [0.29, 0.717) is 11.3 Å². The fraction of sp³-hybridized carbons (Fsp3) is 1.00. The molecule has 0 spiro atoms. The average molecular weight is 245 g/mol. The van der Waals surface area contributed by atoms with Gasteiger partial charge in [-0.05, 0) is 49.9 Å². The summed E-state index contributed by atoms with van der Waals surface area (Å²) in [5.41, 5.74) is -0.336. The highest BCUT2D eigenvalue weighted by molar-refractivity contribution is 6.20. The van der Waals surface area contributed by atoms with Gasteiger partial charge in [0.15, 0.2) is 0 Å². The molecule has 1 atom stereocenters. The molecule has 1 nitrogen and oxygen atoms in total. The first kappa shape index (κ1) is 12.7. The van der Waals surface area contributed by atoms with Crippen LogP contribution in [0.15, 0.2) is 0 Å². The molecule has 0 bridgehead atoms. The normalized spacial score (nSPS) is 44.2. The Hall–Kier alpha value is 0.250. The molecule has 0 heterocycles. The van der Waals surface area contributed by atoms with Crippen LogP contribution >= 0.6 is 11.6 Å². The van der Waals surface area contributed by atoms with E-state index in [9.17, 15) is 5.11 Å². The molecule has 0 aromatic heterocycles. The van der Waals surface area contributed by atoms with Crippen LogP contribution < -0.4 is 0 Å². The lowest BCUT2D eigenvalue weighted by molar-refractivity contribution is -0.145. The highest BCUT2D eigenvalue weighted by Gasteiger charge is 2.50. The SMILES string of the molecule is CC1(C)CCCC[C@@]1(O)C1CCC(Cl)CC1. The van der Waals surface area contributed by atoms with Crippen molar-refractivity contribution >= 4 is 11.6 Å². The highest BCUT2D eigenvalue weighted by atomic mass is 35.5. The van der Waals surface area contributed by atoms with Crippen LogP contribution in [0, 0.1) is 11.3 Å². The van der Waals surface area contributed by atoms with Crippen LogP contribution in [0.3, 0.4) is 0 Å². The van der Waals surface area contributed by atoms with Crippen LogP contribution in [-0.2, 0) is 0 Å². The summed E-state index contributed by atoms with van der Waals surface area (Å²) >= 11 is 6.16. The molecular formula is C14H25ClO. The van der Waals surface area contributed by atoms with Gasteiger partial charge < -0.3 is 5.11 Å². The van der Waals surface area contributed by atoms with Crippen molar-refractivity contribution < 1.29 is 5.11 Å². The summed E-state index contributed by atoms with van der Waals surface area (Å²) in [7, 11) is 0. The third-order valence-electron chi connectivity index (χ3n) is 5.11. The van der Waals surface area contributed by atoms with E-state index in [0.717, 1.165) is 32.1 Å². The van der Waals surface area contributed by atoms with E-state index >= 15 is 0 Å². The van der Waals surface area contributed by atoms with Gasteiger partial charge in [0.25, 0.3) is 0 Å². The minimum Gasteiger partial charge on any atom is -0.389 e. The molecule has 0 aromatic rings. The van der Waals surface area contributed by atoms with Crippen molar-refractivity contribution in [2.24, 2.45) is 11.3 Å². The number of halogens is 1. The summed E-state index contributed by atoms with van der Waals surface area (Å²) in [6.45, 7) is 4.50. The Morgan fingerprint density at radius 1 is 1.00 bits per heavy atom. The Kier molecular flexibility index (Phi) is 3.57. The van der Waals surface area contributed by atoms with Crippen LogP contribution in [0.1, 0.15) is 65.2 Å². The van der Waals surface area contributed by atoms with Crippen molar-refractivity contribution in [3.8, 4) is 0 Å². The highest BCUT2D eigenvalue weighted by Crippen LogP contribution is 2.51. The number of alkyl halides is 1. The minimum atomic E-state index is -0.428. The van der Waals surface area contributed by atoms with Gasteiger partial charge in [-0.2, -0.15) is 0 Å². The Labute approximate surface area is 105 Å². The quantitative estimate of drug-likeness (QED) is 0.688. The van der Waals surface area contributed by atoms with E-state index in [2.05, 4.69) is 13.8 Å². The van der Waals surface area contributed by atoms with E-state index in [1.807, 2.05) is 0 Å². The smallest absolute Gasteiger partial charge is 0.0726 e. The zero-order valence-corrected chi connectivity index (χ0v) is 11.4. The largest absolute Gasteiger partial charge is 0.389 e. The van der Waals surface area contributed by atoms with Gasteiger partial charge in [0, 0.05) is 5.38 Å². The second kappa shape index (κ2) is 4.49. The first-order valence-electron chi connectivity index (χ1n) is 6.82. The van der Waals surface area contributed by atoms with Gasteiger partial charge >= 0.3 is 0 Å². The maximum Gasteiger partial charge on any atom is 0.0726 e. The minimum absolute atomic E-state index is 0.0923. The lowest BCUT2D eigenvalue weighted by Crippen LogP contribution is -2.53. The Morgan fingerprint density at radius 2 is 1.56 bits per heavy atom. The van der Waals surface area contributed by atoms with Gasteiger partial charge in [0.1, 0.15) is 0 Å². The molecule has 2 heteroatoms. The van der Waals surface area contributed by atoms with Crippen LogP contribution in [-0.4, -0.2) is 16.1 Å². The molecule has 94 valence electrons. The standard InChI is InChI=1S/C14H25ClO/c1-13(2)9-3-4-10-14(13,16)11-5-7-12(15)8-6-11/h11-12,16H,3-10H2,1-2H3/t11?,12?,14-/m1/s1. The Balaban J connectivity index is 2.10. The van der Waals surface area contributed by atoms with Crippen molar-refractivity contribution in [1.29, 1.82) is 0 Å². The molecule has 0 radical (unpaired) electrons. The number of hydrogen-bond acceptors (Lipinski definition) is 1. The molecule has 0 aromatic carbocycles. The molecular weight excluding hydrogens is 220 g/mol. The van der Waals surface area contributed by atoms with E-state index in [4.69, 9.17) is 11.6 Å². The first-order valence-corrected chi connectivity index (χ1v) is 7.26. The first-order chi connectivity index (χ1) is 7.46. The molecule has 0 amide bonds. The van der Waals surface area contributed by atoms with Crippen LogP contribution in [0.5, 0.6) is 0 Å². The van der Waals surface area contributed by atoms with E-state index in [-0.39, 0.29) is 5.41 Å². The summed E-state index contributed by atoms with van der Waals surface area (Å²) in [4.78, 5) is 0. The van der Waals surface area contributed by atoms with E-state index < -0.39 is 5.60 Å². The zero-order chi connectivity index (χ0) is 11.8. The fourth-order valence-corrected chi connectivity index (χ4v) is 4.06. The number of rotatable bonds is 1. The molecule has 16 heavy (non-hydrogen) atoms. The van der Waals surface area contributed by atoms with Crippen LogP contribution in [0.25, 0.3) is 0 Å². The third-order valence-corrected chi connectivity index (χ3v) is 5.55. The van der Waals surface area contributed by atoms with Crippen LogP contribution in [0.2, 0.25) is 0 Å². The van der Waals surface area contributed by atoms with Crippen molar-refractivity contribution in [1.82, 2.24) is 0 Å². The lowest BCUT2D eigenvalue weighted by Gasteiger charge is -2.52. The van der Waals surface area contributed by atoms with Crippen molar-refractivity contribution in [3.63, 3.8) is 0 Å². The molecule has 1 N–H and O–H groups in total. The monoisotopic (exact) mass is 244 g/mol. The van der Waals surface area contributed by atoms with Gasteiger partial charge in [-0.15, -0.1) is 11.6 Å². The van der Waals surface area contributed by atoms with Gasteiger partial charge in [0.05, 0.1) is 5.60 Å². The van der Waals surface area contributed by atoms with Crippen LogP contribution in [0.4, 0.5) is 0 Å². The molecule has 2 aliphatic rings. The van der Waals surface area contributed by atoms with Crippen molar-refractivity contribution in [3.05, 3.63) is 0 Å². The molecule has 0 unspecified atom stereocenters. The number of hydrogen-bond donors (Lipinski definition) is 1. The average Bonchev–Trinajstić information content (AvgIpc) is 2.23. The lowest BCUT2D eigenvalue weighted by atomic mass is 9.57. The fourth-order valence-electron chi connectivity index (χ4n) is 3.80. The van der Waals surface area contributed by atoms with Gasteiger partial charge in [0.2, 0.25) is 0 Å².